The van der Waals surface area contributed by atoms with E-state index in [1.165, 1.54) is 51.4 Å². The fourth-order valence-corrected chi connectivity index (χ4v) is 3.02. The van der Waals surface area contributed by atoms with Crippen LogP contribution in [0.2, 0.25) is 0 Å². The molecule has 1 atom stereocenters. The van der Waals surface area contributed by atoms with Gasteiger partial charge in [-0.2, -0.15) is 5.48 Å². The van der Waals surface area contributed by atoms with Crippen molar-refractivity contribution in [3.63, 3.8) is 0 Å². The third kappa shape index (κ3) is 5.67. The van der Waals surface area contributed by atoms with Crippen LogP contribution in [0, 0.1) is 0 Å². The van der Waals surface area contributed by atoms with Gasteiger partial charge in [-0.15, -0.1) is 0 Å². The number of benzene rings is 1. The summed E-state index contributed by atoms with van der Waals surface area (Å²) in [4.78, 5) is 0. The first-order valence-corrected chi connectivity index (χ1v) is 9.16. The predicted octanol–water partition coefficient (Wildman–Crippen LogP) is 6.16. The molecule has 0 spiro atoms. The first kappa shape index (κ1) is 18.0. The molecule has 1 aromatic heterocycles. The molecule has 0 saturated heterocycles. The van der Waals surface area contributed by atoms with Crippen molar-refractivity contribution in [2.45, 2.75) is 77.7 Å². The van der Waals surface area contributed by atoms with Crippen LogP contribution in [0.3, 0.4) is 0 Å². The Bertz CT molecular complexity index is 576. The SMILES string of the molecule is CCCCCCCCCCc1cc2cc([C@@H](C)NO)ccc2o1. The smallest absolute Gasteiger partial charge is 0.134 e. The van der Waals surface area contributed by atoms with Gasteiger partial charge in [0.25, 0.3) is 0 Å². The minimum atomic E-state index is -0.0644. The third-order valence-corrected chi connectivity index (χ3v) is 4.56. The van der Waals surface area contributed by atoms with Crippen molar-refractivity contribution in [3.8, 4) is 0 Å². The second-order valence-electron chi connectivity index (χ2n) is 6.59. The standard InChI is InChI=1S/C20H31NO2/c1-3-4-5-6-7-8-9-10-11-19-15-18-14-17(16(2)21-22)12-13-20(18)23-19/h12-16,21-22H,3-11H2,1-2H3/t16-/m1/s1. The lowest BCUT2D eigenvalue weighted by Gasteiger charge is -2.08. The van der Waals surface area contributed by atoms with Gasteiger partial charge in [-0.05, 0) is 37.1 Å². The van der Waals surface area contributed by atoms with Gasteiger partial charge < -0.3 is 9.62 Å². The molecule has 2 rings (SSSR count). The lowest BCUT2D eigenvalue weighted by atomic mass is 10.1. The molecule has 0 aliphatic carbocycles. The molecule has 0 bridgehead atoms. The van der Waals surface area contributed by atoms with Crippen LogP contribution < -0.4 is 5.48 Å². The van der Waals surface area contributed by atoms with Gasteiger partial charge in [0.1, 0.15) is 11.3 Å². The molecule has 2 N–H and O–H groups in total. The van der Waals surface area contributed by atoms with E-state index in [0.29, 0.717) is 0 Å². The van der Waals surface area contributed by atoms with Gasteiger partial charge in [0.15, 0.2) is 0 Å². The number of nitrogens with one attached hydrogen (secondary N) is 1. The molecular formula is C20H31NO2. The first-order valence-electron chi connectivity index (χ1n) is 9.16. The Morgan fingerprint density at radius 2 is 1.70 bits per heavy atom. The van der Waals surface area contributed by atoms with Crippen molar-refractivity contribution in [2.75, 3.05) is 0 Å². The monoisotopic (exact) mass is 317 g/mol. The average Bonchev–Trinajstić information content (AvgIpc) is 2.98. The topological polar surface area (TPSA) is 45.4 Å². The van der Waals surface area contributed by atoms with E-state index in [2.05, 4.69) is 24.5 Å². The highest BCUT2D eigenvalue weighted by Crippen LogP contribution is 2.24. The van der Waals surface area contributed by atoms with E-state index in [9.17, 15) is 0 Å². The normalized spacial score (nSPS) is 12.8. The molecule has 0 unspecified atom stereocenters. The Balaban J connectivity index is 1.75. The van der Waals surface area contributed by atoms with Gasteiger partial charge in [-0.25, -0.2) is 0 Å². The van der Waals surface area contributed by atoms with Crippen LogP contribution in [0.15, 0.2) is 28.7 Å². The Morgan fingerprint density at radius 3 is 2.39 bits per heavy atom. The minimum absolute atomic E-state index is 0.0644. The molecule has 2 aromatic rings. The maximum Gasteiger partial charge on any atom is 0.134 e. The fourth-order valence-electron chi connectivity index (χ4n) is 3.02. The van der Waals surface area contributed by atoms with Crippen LogP contribution in [-0.2, 0) is 6.42 Å². The summed E-state index contributed by atoms with van der Waals surface area (Å²) in [5.74, 6) is 1.08. The molecule has 0 saturated carbocycles. The largest absolute Gasteiger partial charge is 0.461 e. The predicted molar refractivity (Wildman–Crippen MR) is 95.9 cm³/mol. The number of hydroxylamine groups is 1. The van der Waals surface area contributed by atoms with Crippen LogP contribution in [0.5, 0.6) is 0 Å². The zero-order valence-corrected chi connectivity index (χ0v) is 14.6. The summed E-state index contributed by atoms with van der Waals surface area (Å²) in [5, 5.41) is 10.2. The van der Waals surface area contributed by atoms with E-state index in [1.807, 2.05) is 19.1 Å². The summed E-state index contributed by atoms with van der Waals surface area (Å²) in [7, 11) is 0. The average molecular weight is 317 g/mol. The zero-order chi connectivity index (χ0) is 16.5. The molecule has 0 aliphatic rings. The molecule has 128 valence electrons. The lowest BCUT2D eigenvalue weighted by Crippen LogP contribution is -2.12. The number of fused-ring (bicyclic) bond motifs is 1. The van der Waals surface area contributed by atoms with E-state index >= 15 is 0 Å². The van der Waals surface area contributed by atoms with Gasteiger partial charge in [0.2, 0.25) is 0 Å². The maximum absolute atomic E-state index is 9.03. The highest BCUT2D eigenvalue weighted by molar-refractivity contribution is 5.78. The summed E-state index contributed by atoms with van der Waals surface area (Å²) in [5.41, 5.74) is 4.30. The second-order valence-corrected chi connectivity index (χ2v) is 6.59. The molecule has 3 nitrogen and oxygen atoms in total. The Labute approximate surface area is 140 Å². The van der Waals surface area contributed by atoms with E-state index in [0.717, 1.165) is 28.7 Å². The number of aryl methyl sites for hydroxylation is 1. The van der Waals surface area contributed by atoms with E-state index in [1.54, 1.807) is 0 Å². The number of hydrogen-bond donors (Lipinski definition) is 2. The van der Waals surface area contributed by atoms with Crippen LogP contribution >= 0.6 is 0 Å². The molecule has 1 aromatic carbocycles. The summed E-state index contributed by atoms with van der Waals surface area (Å²) in [6.45, 7) is 4.19. The highest BCUT2D eigenvalue weighted by Gasteiger charge is 2.08. The van der Waals surface area contributed by atoms with Crippen molar-refractivity contribution in [1.82, 2.24) is 5.48 Å². The number of rotatable bonds is 11. The Morgan fingerprint density at radius 1 is 1.00 bits per heavy atom. The summed E-state index contributed by atoms with van der Waals surface area (Å²) < 4.78 is 5.91. The maximum atomic E-state index is 9.03. The van der Waals surface area contributed by atoms with Crippen molar-refractivity contribution in [3.05, 3.63) is 35.6 Å². The third-order valence-electron chi connectivity index (χ3n) is 4.56. The van der Waals surface area contributed by atoms with Gasteiger partial charge in [-0.3, -0.25) is 0 Å². The molecule has 23 heavy (non-hydrogen) atoms. The van der Waals surface area contributed by atoms with E-state index in [-0.39, 0.29) is 6.04 Å². The highest BCUT2D eigenvalue weighted by atomic mass is 16.5. The molecule has 0 amide bonds. The van der Waals surface area contributed by atoms with Crippen molar-refractivity contribution >= 4 is 11.0 Å². The van der Waals surface area contributed by atoms with Gasteiger partial charge in [0.05, 0.1) is 6.04 Å². The van der Waals surface area contributed by atoms with Gasteiger partial charge in [-0.1, -0.05) is 57.9 Å². The van der Waals surface area contributed by atoms with Crippen LogP contribution in [0.4, 0.5) is 0 Å². The molecule has 0 radical (unpaired) electrons. The van der Waals surface area contributed by atoms with Crippen LogP contribution in [0.25, 0.3) is 11.0 Å². The molecule has 0 aliphatic heterocycles. The van der Waals surface area contributed by atoms with Crippen molar-refractivity contribution in [1.29, 1.82) is 0 Å². The molecular weight excluding hydrogens is 286 g/mol. The van der Waals surface area contributed by atoms with E-state index in [4.69, 9.17) is 9.62 Å². The van der Waals surface area contributed by atoms with E-state index < -0.39 is 0 Å². The van der Waals surface area contributed by atoms with Crippen LogP contribution in [-0.4, -0.2) is 5.21 Å². The fraction of sp³-hybridized carbons (Fsp3) is 0.600. The van der Waals surface area contributed by atoms with Crippen LogP contribution in [0.1, 0.15) is 82.6 Å². The number of furan rings is 1. The van der Waals surface area contributed by atoms with Gasteiger partial charge in [0, 0.05) is 11.8 Å². The summed E-state index contributed by atoms with van der Waals surface area (Å²) >= 11 is 0. The number of hydrogen-bond acceptors (Lipinski definition) is 3. The summed E-state index contributed by atoms with van der Waals surface area (Å²) in [6, 6.07) is 8.16. The molecule has 3 heteroatoms. The Kier molecular flexibility index (Phi) is 7.63. The first-order chi connectivity index (χ1) is 11.2. The van der Waals surface area contributed by atoms with Gasteiger partial charge >= 0.3 is 0 Å². The number of unbranched alkanes of at least 4 members (excludes halogenated alkanes) is 7. The molecule has 0 fully saturated rings. The summed E-state index contributed by atoms with van der Waals surface area (Å²) in [6.07, 6.45) is 11.7. The quantitative estimate of drug-likeness (QED) is 0.385. The second kappa shape index (κ2) is 9.74. The molecule has 1 heterocycles. The zero-order valence-electron chi connectivity index (χ0n) is 14.6. The van der Waals surface area contributed by atoms with Crippen molar-refractivity contribution in [2.24, 2.45) is 0 Å². The Hall–Kier alpha value is -1.32. The van der Waals surface area contributed by atoms with Crippen molar-refractivity contribution < 1.29 is 9.62 Å². The lowest BCUT2D eigenvalue weighted by molar-refractivity contribution is 0.133. The minimum Gasteiger partial charge on any atom is -0.461 e.